The molecule has 2 N–H and O–H groups in total. The molecule has 0 aliphatic carbocycles. The van der Waals surface area contributed by atoms with Crippen molar-refractivity contribution in [3.8, 4) is 6.07 Å². The van der Waals surface area contributed by atoms with Crippen LogP contribution in [0.3, 0.4) is 0 Å². The molecule has 3 amide bonds. The highest BCUT2D eigenvalue weighted by atomic mass is 16.6. The van der Waals surface area contributed by atoms with Gasteiger partial charge in [0.15, 0.2) is 11.5 Å². The molecule has 0 bridgehead atoms. The van der Waals surface area contributed by atoms with Crippen molar-refractivity contribution in [2.45, 2.75) is 70.3 Å². The number of urea groups is 1. The van der Waals surface area contributed by atoms with Gasteiger partial charge >= 0.3 is 12.1 Å². The third-order valence-corrected chi connectivity index (χ3v) is 8.46. The monoisotopic (exact) mass is 568 g/mol. The average Bonchev–Trinajstić information content (AvgIpc) is 3.30. The Morgan fingerprint density at radius 3 is 2.51 bits per heavy atom. The summed E-state index contributed by atoms with van der Waals surface area (Å²) in [6.07, 6.45) is 5.25. The number of nitrogens with one attached hydrogen (secondary N) is 2. The maximum Gasteiger partial charge on any atom is 0.410 e. The second-order valence-electron chi connectivity index (χ2n) is 12.5. The summed E-state index contributed by atoms with van der Waals surface area (Å²) in [6.45, 7) is 12.5. The number of aromatic nitrogens is 2. The summed E-state index contributed by atoms with van der Waals surface area (Å²) in [5.74, 6) is 1.22. The van der Waals surface area contributed by atoms with Crippen LogP contribution in [-0.2, 0) is 4.74 Å². The second-order valence-corrected chi connectivity index (χ2v) is 12.5. The van der Waals surface area contributed by atoms with E-state index in [1.165, 1.54) is 0 Å². The fourth-order valence-electron chi connectivity index (χ4n) is 6.18. The third-order valence-electron chi connectivity index (χ3n) is 8.46. The van der Waals surface area contributed by atoms with Crippen molar-refractivity contribution < 1.29 is 14.3 Å². The van der Waals surface area contributed by atoms with Gasteiger partial charge in [-0.15, -0.1) is 0 Å². The smallest absolute Gasteiger partial charge is 0.410 e. The van der Waals surface area contributed by atoms with Crippen LogP contribution in [-0.4, -0.2) is 131 Å². The Hall–Kier alpha value is -3.37. The number of likely N-dealkylation sites (N-methyl/N-ethyl adjacent to an activating group) is 1. The minimum absolute atomic E-state index is 0.0159. The van der Waals surface area contributed by atoms with Gasteiger partial charge in [-0.25, -0.2) is 19.6 Å². The molecule has 4 aliphatic rings. The van der Waals surface area contributed by atoms with Gasteiger partial charge in [-0.05, 0) is 46.5 Å². The first-order chi connectivity index (χ1) is 19.6. The van der Waals surface area contributed by atoms with Crippen molar-refractivity contribution in [2.75, 3.05) is 76.2 Å². The lowest BCUT2D eigenvalue weighted by Gasteiger charge is -2.42. The van der Waals surface area contributed by atoms with E-state index in [0.717, 1.165) is 70.8 Å². The molecule has 5 heterocycles. The van der Waals surface area contributed by atoms with Gasteiger partial charge in [0.2, 0.25) is 0 Å². The van der Waals surface area contributed by atoms with E-state index in [-0.39, 0.29) is 30.0 Å². The lowest BCUT2D eigenvalue weighted by molar-refractivity contribution is 0.00860. The summed E-state index contributed by atoms with van der Waals surface area (Å²) >= 11 is 0. The van der Waals surface area contributed by atoms with Gasteiger partial charge in [-0.1, -0.05) is 0 Å². The number of piperazine rings is 1. The molecule has 1 aromatic rings. The minimum Gasteiger partial charge on any atom is -0.444 e. The van der Waals surface area contributed by atoms with E-state index < -0.39 is 5.60 Å². The van der Waals surface area contributed by atoms with Crippen molar-refractivity contribution in [2.24, 2.45) is 0 Å². The van der Waals surface area contributed by atoms with Crippen LogP contribution in [0.2, 0.25) is 0 Å². The molecule has 3 atom stereocenters. The van der Waals surface area contributed by atoms with Gasteiger partial charge in [0, 0.05) is 72.0 Å². The Bertz CT molecular complexity index is 1130. The Morgan fingerprint density at radius 1 is 1.10 bits per heavy atom. The van der Waals surface area contributed by atoms with Gasteiger partial charge in [0.25, 0.3) is 0 Å². The van der Waals surface area contributed by atoms with Gasteiger partial charge in [-0.2, -0.15) is 5.26 Å². The summed E-state index contributed by atoms with van der Waals surface area (Å²) < 4.78 is 5.52. The van der Waals surface area contributed by atoms with Gasteiger partial charge in [-0.3, -0.25) is 10.2 Å². The molecule has 4 saturated heterocycles. The topological polar surface area (TPSA) is 133 Å². The minimum atomic E-state index is -0.486. The van der Waals surface area contributed by atoms with E-state index >= 15 is 0 Å². The van der Waals surface area contributed by atoms with E-state index in [2.05, 4.69) is 31.5 Å². The lowest BCUT2D eigenvalue weighted by atomic mass is 10.0. The highest BCUT2D eigenvalue weighted by Crippen LogP contribution is 2.26. The van der Waals surface area contributed by atoms with E-state index in [1.807, 2.05) is 32.7 Å². The number of ether oxygens (including phenoxy) is 1. The van der Waals surface area contributed by atoms with E-state index in [1.54, 1.807) is 16.0 Å². The first-order valence-corrected chi connectivity index (χ1v) is 14.9. The Kier molecular flexibility index (Phi) is 8.70. The zero-order valence-electron chi connectivity index (χ0n) is 24.8. The van der Waals surface area contributed by atoms with Crippen LogP contribution in [0.25, 0.3) is 0 Å². The lowest BCUT2D eigenvalue weighted by Crippen LogP contribution is -2.58. The van der Waals surface area contributed by atoms with Gasteiger partial charge in [0.1, 0.15) is 17.5 Å². The molecular weight excluding hydrogens is 524 g/mol. The quantitative estimate of drug-likeness (QED) is 0.541. The van der Waals surface area contributed by atoms with Crippen LogP contribution in [0.15, 0.2) is 6.20 Å². The zero-order chi connectivity index (χ0) is 29.1. The predicted molar refractivity (Wildman–Crippen MR) is 155 cm³/mol. The molecule has 224 valence electrons. The number of amides is 3. The molecule has 13 nitrogen and oxygen atoms in total. The van der Waals surface area contributed by atoms with Crippen LogP contribution in [0, 0.1) is 11.3 Å². The molecule has 0 radical (unpaired) electrons. The number of nitriles is 1. The van der Waals surface area contributed by atoms with E-state index in [9.17, 15) is 14.9 Å². The van der Waals surface area contributed by atoms with Gasteiger partial charge in [0.05, 0.1) is 18.4 Å². The molecule has 41 heavy (non-hydrogen) atoms. The fourth-order valence-corrected chi connectivity index (χ4v) is 6.18. The number of carbonyl (C=O) groups is 2. The van der Waals surface area contributed by atoms with E-state index in [0.29, 0.717) is 31.5 Å². The molecule has 2 unspecified atom stereocenters. The average molecular weight is 569 g/mol. The number of nitrogens with zero attached hydrogens (tertiary/aromatic N) is 8. The molecule has 0 saturated carbocycles. The summed E-state index contributed by atoms with van der Waals surface area (Å²) in [5.41, 5.74) is -0.207. The molecule has 4 fully saturated rings. The van der Waals surface area contributed by atoms with Gasteiger partial charge < -0.3 is 29.7 Å². The summed E-state index contributed by atoms with van der Waals surface area (Å²) in [6, 6.07) is 2.81. The molecule has 1 aromatic heterocycles. The maximum atomic E-state index is 12.5. The number of rotatable bonds is 5. The summed E-state index contributed by atoms with van der Waals surface area (Å²) in [4.78, 5) is 44.4. The first kappa shape index (κ1) is 29.1. The number of piperidine rings is 2. The van der Waals surface area contributed by atoms with Crippen LogP contribution in [0.1, 0.15) is 52.1 Å². The number of hydrogen-bond acceptors (Lipinski definition) is 10. The zero-order valence-corrected chi connectivity index (χ0v) is 24.8. The normalized spacial score (nSPS) is 26.2. The van der Waals surface area contributed by atoms with Crippen molar-refractivity contribution in [1.29, 1.82) is 5.26 Å². The highest BCUT2D eigenvalue weighted by molar-refractivity contribution is 5.76. The van der Waals surface area contributed by atoms with Crippen molar-refractivity contribution in [1.82, 2.24) is 34.9 Å². The van der Waals surface area contributed by atoms with Crippen LogP contribution >= 0.6 is 0 Å². The van der Waals surface area contributed by atoms with Crippen LogP contribution < -0.4 is 15.5 Å². The number of hydrogen-bond donors (Lipinski definition) is 2. The standard InChI is InChI=1S/C28H44N10O3/c1-28(2,3)41-27(40)36-13-11-35(12-14-36)20-7-8-23(31-17-20)32-25-22(16-29)30-18-24(33-25)37-9-5-6-21(19-37)38-15-10-34(4)26(38)39/h18,20-21,23,31H,5-15,17,19H2,1-4H3,(H,32,33)/t20?,21-,23?/m1/s1. The highest BCUT2D eigenvalue weighted by Gasteiger charge is 2.35. The predicted octanol–water partition coefficient (Wildman–Crippen LogP) is 1.73. The Labute approximate surface area is 242 Å². The summed E-state index contributed by atoms with van der Waals surface area (Å²) in [5, 5.41) is 16.7. The molecule has 0 aromatic carbocycles. The third kappa shape index (κ3) is 6.93. The number of anilines is 2. The van der Waals surface area contributed by atoms with Crippen molar-refractivity contribution in [3.05, 3.63) is 11.9 Å². The maximum absolute atomic E-state index is 12.5. The Balaban J connectivity index is 1.14. The van der Waals surface area contributed by atoms with Crippen LogP contribution in [0.5, 0.6) is 0 Å². The van der Waals surface area contributed by atoms with E-state index in [4.69, 9.17) is 9.72 Å². The Morgan fingerprint density at radius 2 is 1.88 bits per heavy atom. The molecule has 0 spiro atoms. The summed E-state index contributed by atoms with van der Waals surface area (Å²) in [7, 11) is 1.85. The SMILES string of the molecule is CN1CCN([C@@H]2CCCN(c3cnc(C#N)c(NC4CCC(N5CCN(C(=O)OC(C)(C)C)CC5)CN4)n3)C2)C1=O. The van der Waals surface area contributed by atoms with Crippen LogP contribution in [0.4, 0.5) is 21.2 Å². The second kappa shape index (κ2) is 12.2. The molecule has 4 aliphatic heterocycles. The number of carbonyl (C=O) groups excluding carboxylic acids is 2. The van der Waals surface area contributed by atoms with Crippen molar-refractivity contribution in [3.63, 3.8) is 0 Å². The molecular formula is C28H44N10O3. The molecule has 5 rings (SSSR count). The molecule has 13 heteroatoms. The first-order valence-electron chi connectivity index (χ1n) is 14.9. The van der Waals surface area contributed by atoms with Crippen molar-refractivity contribution >= 4 is 23.8 Å². The largest absolute Gasteiger partial charge is 0.444 e. The fraction of sp³-hybridized carbons (Fsp3) is 0.750.